The summed E-state index contributed by atoms with van der Waals surface area (Å²) in [5.41, 5.74) is 0.772. The molecule has 21 heavy (non-hydrogen) atoms. The van der Waals surface area contributed by atoms with Gasteiger partial charge in [-0.3, -0.25) is 10.1 Å². The third-order valence-corrected chi connectivity index (χ3v) is 2.73. The Morgan fingerprint density at radius 1 is 1.43 bits per heavy atom. The van der Waals surface area contributed by atoms with E-state index in [4.69, 9.17) is 5.11 Å². The van der Waals surface area contributed by atoms with Gasteiger partial charge in [0.25, 0.3) is 5.69 Å². The molecule has 0 spiro atoms. The number of aryl methyl sites for hydroxylation is 2. The maximum absolute atomic E-state index is 10.8. The molecule has 0 atom stereocenters. The van der Waals surface area contributed by atoms with E-state index in [9.17, 15) is 14.9 Å². The molecule has 0 fully saturated rings. The molecule has 1 aromatic carbocycles. The third-order valence-electron chi connectivity index (χ3n) is 2.73. The maximum Gasteiger partial charge on any atom is 0.328 e. The van der Waals surface area contributed by atoms with Crippen LogP contribution in [0, 0.1) is 24.0 Å². The van der Waals surface area contributed by atoms with Crippen LogP contribution in [-0.4, -0.2) is 30.8 Å². The van der Waals surface area contributed by atoms with Gasteiger partial charge in [0, 0.05) is 23.8 Å². The third kappa shape index (κ3) is 3.11. The highest BCUT2D eigenvalue weighted by molar-refractivity contribution is 5.86. The molecule has 1 N–H and O–H groups in total. The highest BCUT2D eigenvalue weighted by atomic mass is 16.6. The van der Waals surface area contributed by atoms with E-state index in [0.29, 0.717) is 22.9 Å². The molecule has 8 nitrogen and oxygen atoms in total. The fraction of sp³-hybridized carbons (Fsp3) is 0.154. The monoisotopic (exact) mass is 288 g/mol. The van der Waals surface area contributed by atoms with E-state index in [-0.39, 0.29) is 5.69 Å². The summed E-state index contributed by atoms with van der Waals surface area (Å²) in [7, 11) is 0. The Balaban J connectivity index is 2.61. The van der Waals surface area contributed by atoms with Gasteiger partial charge in [-0.15, -0.1) is 0 Å². The van der Waals surface area contributed by atoms with Crippen molar-refractivity contribution in [3.8, 4) is 5.69 Å². The molecule has 0 saturated heterocycles. The van der Waals surface area contributed by atoms with Gasteiger partial charge in [-0.1, -0.05) is 0 Å². The molecule has 0 aliphatic carbocycles. The van der Waals surface area contributed by atoms with Gasteiger partial charge in [0.1, 0.15) is 11.6 Å². The minimum atomic E-state index is -1.14. The fourth-order valence-corrected chi connectivity index (χ4v) is 1.89. The predicted molar refractivity (Wildman–Crippen MR) is 74.2 cm³/mol. The Morgan fingerprint density at radius 3 is 2.67 bits per heavy atom. The quantitative estimate of drug-likeness (QED) is 0.522. The van der Waals surface area contributed by atoms with E-state index >= 15 is 0 Å². The molecule has 2 aromatic rings. The summed E-state index contributed by atoms with van der Waals surface area (Å²) in [5, 5.41) is 23.8. The van der Waals surface area contributed by atoms with Crippen molar-refractivity contribution >= 4 is 17.7 Å². The normalized spacial score (nSPS) is 11.0. The molecule has 0 aliphatic heterocycles. The van der Waals surface area contributed by atoms with E-state index < -0.39 is 10.9 Å². The van der Waals surface area contributed by atoms with Gasteiger partial charge in [0.2, 0.25) is 0 Å². The van der Waals surface area contributed by atoms with Crippen LogP contribution in [0.5, 0.6) is 0 Å². The van der Waals surface area contributed by atoms with Crippen molar-refractivity contribution in [3.05, 3.63) is 51.6 Å². The first kappa shape index (κ1) is 14.4. The molecular weight excluding hydrogens is 276 g/mol. The average Bonchev–Trinajstić information content (AvgIpc) is 2.74. The number of hydrogen-bond acceptors (Lipinski definition) is 5. The van der Waals surface area contributed by atoms with Gasteiger partial charge < -0.3 is 5.11 Å². The number of rotatable bonds is 4. The highest BCUT2D eigenvalue weighted by Gasteiger charge is 2.13. The molecule has 2 rings (SSSR count). The zero-order valence-corrected chi connectivity index (χ0v) is 11.3. The van der Waals surface area contributed by atoms with Crippen LogP contribution in [-0.2, 0) is 4.79 Å². The number of hydrogen-bond donors (Lipinski definition) is 1. The largest absolute Gasteiger partial charge is 0.478 e. The fourth-order valence-electron chi connectivity index (χ4n) is 1.89. The maximum atomic E-state index is 10.8. The van der Waals surface area contributed by atoms with Crippen molar-refractivity contribution < 1.29 is 14.8 Å². The zero-order valence-electron chi connectivity index (χ0n) is 11.3. The van der Waals surface area contributed by atoms with Crippen molar-refractivity contribution in [2.24, 2.45) is 0 Å². The Bertz CT molecular complexity index is 749. The van der Waals surface area contributed by atoms with Gasteiger partial charge in [-0.2, -0.15) is 5.10 Å². The molecule has 1 heterocycles. The summed E-state index contributed by atoms with van der Waals surface area (Å²) in [6, 6.07) is 4.15. The summed E-state index contributed by atoms with van der Waals surface area (Å²) in [6.07, 6.45) is 2.21. The van der Waals surface area contributed by atoms with Gasteiger partial charge in [-0.05, 0) is 26.0 Å². The summed E-state index contributed by atoms with van der Waals surface area (Å²) in [6.45, 7) is 3.47. The van der Waals surface area contributed by atoms with Crippen LogP contribution < -0.4 is 0 Å². The SMILES string of the molecule is Cc1nc(C)n(-c2ccc([N+](=O)[O-])cc2C=CC(=O)O)n1. The molecular formula is C13H12N4O4. The van der Waals surface area contributed by atoms with E-state index in [1.807, 2.05) is 0 Å². The lowest BCUT2D eigenvalue weighted by atomic mass is 10.1. The topological polar surface area (TPSA) is 111 Å². The number of carbonyl (C=O) groups is 1. The molecule has 0 aliphatic rings. The van der Waals surface area contributed by atoms with Gasteiger partial charge in [0.15, 0.2) is 0 Å². The number of nitro benzene ring substituents is 1. The van der Waals surface area contributed by atoms with Crippen molar-refractivity contribution in [2.75, 3.05) is 0 Å². The Labute approximate surface area is 119 Å². The predicted octanol–water partition coefficient (Wildman–Crippen LogP) is 1.89. The number of carboxylic acids is 1. The second kappa shape index (κ2) is 5.53. The number of aromatic nitrogens is 3. The van der Waals surface area contributed by atoms with Crippen LogP contribution in [0.4, 0.5) is 5.69 Å². The van der Waals surface area contributed by atoms with Crippen molar-refractivity contribution in [1.82, 2.24) is 14.8 Å². The molecule has 108 valence electrons. The minimum Gasteiger partial charge on any atom is -0.478 e. The lowest BCUT2D eigenvalue weighted by Gasteiger charge is -2.07. The number of nitro groups is 1. The van der Waals surface area contributed by atoms with Crippen LogP contribution in [0.1, 0.15) is 17.2 Å². The van der Waals surface area contributed by atoms with Crippen LogP contribution >= 0.6 is 0 Å². The van der Waals surface area contributed by atoms with Gasteiger partial charge in [0.05, 0.1) is 10.6 Å². The summed E-state index contributed by atoms with van der Waals surface area (Å²) in [4.78, 5) is 25.1. The zero-order chi connectivity index (χ0) is 15.6. The van der Waals surface area contributed by atoms with Crippen LogP contribution in [0.3, 0.4) is 0 Å². The highest BCUT2D eigenvalue weighted by Crippen LogP contribution is 2.23. The number of benzene rings is 1. The van der Waals surface area contributed by atoms with Crippen molar-refractivity contribution in [3.63, 3.8) is 0 Å². The minimum absolute atomic E-state index is 0.127. The van der Waals surface area contributed by atoms with Crippen LogP contribution in [0.25, 0.3) is 11.8 Å². The lowest BCUT2D eigenvalue weighted by molar-refractivity contribution is -0.384. The summed E-state index contributed by atoms with van der Waals surface area (Å²) < 4.78 is 1.51. The smallest absolute Gasteiger partial charge is 0.328 e. The number of non-ortho nitro benzene ring substituents is 1. The van der Waals surface area contributed by atoms with Gasteiger partial charge >= 0.3 is 5.97 Å². The first-order valence-corrected chi connectivity index (χ1v) is 5.98. The van der Waals surface area contributed by atoms with Crippen molar-refractivity contribution in [1.29, 1.82) is 0 Å². The van der Waals surface area contributed by atoms with Crippen LogP contribution in [0.2, 0.25) is 0 Å². The Kier molecular flexibility index (Phi) is 3.79. The molecule has 0 unspecified atom stereocenters. The molecule has 0 radical (unpaired) electrons. The molecule has 0 amide bonds. The summed E-state index contributed by atoms with van der Waals surface area (Å²) in [5.74, 6) is 0.0179. The van der Waals surface area contributed by atoms with E-state index in [2.05, 4.69) is 10.1 Å². The van der Waals surface area contributed by atoms with Gasteiger partial charge in [-0.25, -0.2) is 14.5 Å². The number of carboxylic acid groups (broad SMARTS) is 1. The van der Waals surface area contributed by atoms with E-state index in [1.165, 1.54) is 29.0 Å². The lowest BCUT2D eigenvalue weighted by Crippen LogP contribution is -2.03. The number of aliphatic carboxylic acids is 1. The Morgan fingerprint density at radius 2 is 2.14 bits per heavy atom. The van der Waals surface area contributed by atoms with Crippen LogP contribution in [0.15, 0.2) is 24.3 Å². The number of nitrogens with zero attached hydrogens (tertiary/aromatic N) is 4. The van der Waals surface area contributed by atoms with E-state index in [1.54, 1.807) is 13.8 Å². The molecule has 0 bridgehead atoms. The first-order valence-electron chi connectivity index (χ1n) is 5.98. The van der Waals surface area contributed by atoms with Crippen molar-refractivity contribution in [2.45, 2.75) is 13.8 Å². The second-order valence-corrected chi connectivity index (χ2v) is 4.29. The first-order chi connectivity index (χ1) is 9.88. The second-order valence-electron chi connectivity index (χ2n) is 4.29. The summed E-state index contributed by atoms with van der Waals surface area (Å²) >= 11 is 0. The average molecular weight is 288 g/mol. The molecule has 1 aromatic heterocycles. The molecule has 0 saturated carbocycles. The standard InChI is InChI=1S/C13H12N4O4/c1-8-14-9(2)16(15-8)12-5-4-11(17(20)21)7-10(12)3-6-13(18)19/h3-7H,1-2H3,(H,18,19). The van der Waals surface area contributed by atoms with E-state index in [0.717, 1.165) is 6.08 Å². The Hall–Kier alpha value is -3.03. The molecule has 8 heteroatoms.